The summed E-state index contributed by atoms with van der Waals surface area (Å²) in [6, 6.07) is 7.23. The van der Waals surface area contributed by atoms with Crippen molar-refractivity contribution >= 4 is 11.4 Å². The Bertz CT molecular complexity index is 649. The van der Waals surface area contributed by atoms with Crippen LogP contribution in [0.15, 0.2) is 36.4 Å². The van der Waals surface area contributed by atoms with Crippen molar-refractivity contribution in [2.45, 2.75) is 11.8 Å². The van der Waals surface area contributed by atoms with Crippen molar-refractivity contribution in [2.24, 2.45) is 0 Å². The topological polar surface area (TPSA) is 52.0 Å². The highest BCUT2D eigenvalue weighted by atomic mass is 19.3. The number of rotatable bonds is 0. The third kappa shape index (κ3) is 1.44. The zero-order valence-corrected chi connectivity index (χ0v) is 10.1. The van der Waals surface area contributed by atoms with Crippen LogP contribution in [0.2, 0.25) is 0 Å². The van der Waals surface area contributed by atoms with E-state index >= 15 is 0 Å². The highest BCUT2D eigenvalue weighted by Crippen LogP contribution is 2.58. The molecule has 6 heteroatoms. The van der Waals surface area contributed by atoms with Crippen molar-refractivity contribution in [1.29, 1.82) is 0 Å². The normalized spacial score (nSPS) is 18.2. The number of halogens is 4. The van der Waals surface area contributed by atoms with Crippen molar-refractivity contribution in [3.63, 3.8) is 0 Å². The predicted molar refractivity (Wildman–Crippen MR) is 68.5 cm³/mol. The van der Waals surface area contributed by atoms with E-state index in [0.29, 0.717) is 0 Å². The molecule has 0 aromatic heterocycles. The Morgan fingerprint density at radius 1 is 0.650 bits per heavy atom. The Kier molecular flexibility index (Phi) is 2.33. The molecule has 2 aromatic rings. The standard InChI is InChI=1S/C14H10F4N2/c15-13(16)11-5-7(19)1-3-9(11)10-4-2-8(20)6-12(10)14(13,17)18/h1-6H,19-20H2. The van der Waals surface area contributed by atoms with E-state index in [1.54, 1.807) is 0 Å². The first-order valence-electron chi connectivity index (χ1n) is 5.81. The maximum Gasteiger partial charge on any atom is 0.340 e. The lowest BCUT2D eigenvalue weighted by atomic mass is 9.80. The maximum absolute atomic E-state index is 14.1. The summed E-state index contributed by atoms with van der Waals surface area (Å²) < 4.78 is 56.5. The Labute approximate surface area is 112 Å². The van der Waals surface area contributed by atoms with Crippen LogP contribution in [0.3, 0.4) is 0 Å². The summed E-state index contributed by atoms with van der Waals surface area (Å²) in [7, 11) is 0. The van der Waals surface area contributed by atoms with Crippen molar-refractivity contribution in [3.05, 3.63) is 47.5 Å². The van der Waals surface area contributed by atoms with Crippen LogP contribution >= 0.6 is 0 Å². The highest BCUT2D eigenvalue weighted by molar-refractivity contribution is 5.78. The molecule has 4 N–H and O–H groups in total. The Balaban J connectivity index is 2.43. The number of alkyl halides is 4. The molecule has 2 nitrogen and oxygen atoms in total. The summed E-state index contributed by atoms with van der Waals surface area (Å²) in [4.78, 5) is 0. The van der Waals surface area contributed by atoms with Gasteiger partial charge in [-0.2, -0.15) is 17.6 Å². The second kappa shape index (κ2) is 3.65. The van der Waals surface area contributed by atoms with Crippen LogP contribution in [-0.4, -0.2) is 0 Å². The summed E-state index contributed by atoms with van der Waals surface area (Å²) in [5.74, 6) is -8.67. The molecule has 0 saturated carbocycles. The summed E-state index contributed by atoms with van der Waals surface area (Å²) in [5, 5.41) is 0. The van der Waals surface area contributed by atoms with Gasteiger partial charge in [0.15, 0.2) is 0 Å². The lowest BCUT2D eigenvalue weighted by molar-refractivity contribution is -0.225. The van der Waals surface area contributed by atoms with Gasteiger partial charge in [-0.05, 0) is 35.4 Å². The van der Waals surface area contributed by atoms with Gasteiger partial charge in [0.1, 0.15) is 0 Å². The van der Waals surface area contributed by atoms with E-state index in [4.69, 9.17) is 11.5 Å². The molecule has 3 rings (SSSR count). The molecule has 0 spiro atoms. The first-order valence-corrected chi connectivity index (χ1v) is 5.81. The average Bonchev–Trinajstić information content (AvgIpc) is 2.37. The zero-order chi connectivity index (χ0) is 14.7. The summed E-state index contributed by atoms with van der Waals surface area (Å²) >= 11 is 0. The van der Waals surface area contributed by atoms with Crippen molar-refractivity contribution in [1.82, 2.24) is 0 Å². The third-order valence-corrected chi connectivity index (χ3v) is 3.45. The Hall–Kier alpha value is -2.24. The minimum Gasteiger partial charge on any atom is -0.399 e. The number of hydrogen-bond acceptors (Lipinski definition) is 2. The number of benzene rings is 2. The van der Waals surface area contributed by atoms with Crippen molar-refractivity contribution in [2.75, 3.05) is 11.5 Å². The molecule has 0 heterocycles. The minimum absolute atomic E-state index is 0.0121. The molecule has 1 aliphatic carbocycles. The van der Waals surface area contributed by atoms with Gasteiger partial charge in [0, 0.05) is 22.5 Å². The van der Waals surface area contributed by atoms with Crippen LogP contribution in [0.5, 0.6) is 0 Å². The van der Waals surface area contributed by atoms with E-state index in [-0.39, 0.29) is 22.5 Å². The second-order valence-electron chi connectivity index (χ2n) is 4.76. The van der Waals surface area contributed by atoms with Gasteiger partial charge in [-0.15, -0.1) is 0 Å². The van der Waals surface area contributed by atoms with Crippen molar-refractivity contribution < 1.29 is 17.6 Å². The lowest BCUT2D eigenvalue weighted by Crippen LogP contribution is -2.39. The summed E-state index contributed by atoms with van der Waals surface area (Å²) in [6.45, 7) is 0. The predicted octanol–water partition coefficient (Wildman–Crippen LogP) is 3.72. The molecule has 0 fully saturated rings. The maximum atomic E-state index is 14.1. The molecule has 1 aliphatic rings. The van der Waals surface area contributed by atoms with E-state index in [1.165, 1.54) is 24.3 Å². The molecule has 0 bridgehead atoms. The number of anilines is 2. The lowest BCUT2D eigenvalue weighted by Gasteiger charge is -2.35. The molecule has 20 heavy (non-hydrogen) atoms. The van der Waals surface area contributed by atoms with Gasteiger partial charge in [-0.1, -0.05) is 12.1 Å². The molecule has 2 aromatic carbocycles. The number of hydrogen-bond donors (Lipinski definition) is 2. The molecular weight excluding hydrogens is 272 g/mol. The smallest absolute Gasteiger partial charge is 0.340 e. The molecule has 104 valence electrons. The Morgan fingerprint density at radius 3 is 1.35 bits per heavy atom. The van der Waals surface area contributed by atoms with Crippen LogP contribution < -0.4 is 11.5 Å². The highest BCUT2D eigenvalue weighted by Gasteiger charge is 2.62. The van der Waals surface area contributed by atoms with E-state index in [1.807, 2.05) is 0 Å². The van der Waals surface area contributed by atoms with Crippen LogP contribution in [-0.2, 0) is 11.8 Å². The fraction of sp³-hybridized carbons (Fsp3) is 0.143. The number of fused-ring (bicyclic) bond motifs is 3. The summed E-state index contributed by atoms with van der Waals surface area (Å²) in [6.07, 6.45) is 0. The van der Waals surface area contributed by atoms with Gasteiger partial charge in [-0.25, -0.2) is 0 Å². The molecule has 0 unspecified atom stereocenters. The summed E-state index contributed by atoms with van der Waals surface area (Å²) in [5.41, 5.74) is 9.46. The van der Waals surface area contributed by atoms with E-state index in [2.05, 4.69) is 0 Å². The van der Waals surface area contributed by atoms with Gasteiger partial charge in [0.2, 0.25) is 0 Å². The molecule has 0 atom stereocenters. The monoisotopic (exact) mass is 282 g/mol. The van der Waals surface area contributed by atoms with E-state index < -0.39 is 23.0 Å². The van der Waals surface area contributed by atoms with Gasteiger partial charge < -0.3 is 11.5 Å². The molecule has 0 amide bonds. The second-order valence-corrected chi connectivity index (χ2v) is 4.76. The fourth-order valence-electron chi connectivity index (χ4n) is 2.45. The minimum atomic E-state index is -4.33. The van der Waals surface area contributed by atoms with Crippen molar-refractivity contribution in [3.8, 4) is 11.1 Å². The first-order chi connectivity index (χ1) is 9.25. The van der Waals surface area contributed by atoms with Gasteiger partial charge >= 0.3 is 11.8 Å². The average molecular weight is 282 g/mol. The quantitative estimate of drug-likeness (QED) is 0.571. The molecule has 0 aliphatic heterocycles. The number of nitrogen functional groups attached to an aromatic ring is 2. The molecule has 0 radical (unpaired) electrons. The van der Waals surface area contributed by atoms with Gasteiger partial charge in [0.25, 0.3) is 0 Å². The van der Waals surface area contributed by atoms with Crippen LogP contribution in [0.25, 0.3) is 11.1 Å². The first kappa shape index (κ1) is 12.8. The van der Waals surface area contributed by atoms with Gasteiger partial charge in [-0.3, -0.25) is 0 Å². The fourth-order valence-corrected chi connectivity index (χ4v) is 2.45. The SMILES string of the molecule is Nc1ccc2c(c1)C(F)(F)C(F)(F)c1cc(N)ccc1-2. The van der Waals surface area contributed by atoms with E-state index in [9.17, 15) is 17.6 Å². The molecule has 0 saturated heterocycles. The largest absolute Gasteiger partial charge is 0.399 e. The number of nitrogens with two attached hydrogens (primary N) is 2. The van der Waals surface area contributed by atoms with Crippen LogP contribution in [0.1, 0.15) is 11.1 Å². The van der Waals surface area contributed by atoms with E-state index in [0.717, 1.165) is 12.1 Å². The van der Waals surface area contributed by atoms with Gasteiger partial charge in [0.05, 0.1) is 0 Å². The van der Waals surface area contributed by atoms with Crippen LogP contribution in [0, 0.1) is 0 Å². The zero-order valence-electron chi connectivity index (χ0n) is 10.1. The third-order valence-electron chi connectivity index (χ3n) is 3.45. The molecular formula is C14H10F4N2. The Morgan fingerprint density at radius 2 is 1.00 bits per heavy atom. The van der Waals surface area contributed by atoms with Crippen LogP contribution in [0.4, 0.5) is 28.9 Å².